The van der Waals surface area contributed by atoms with Crippen LogP contribution >= 0.6 is 0 Å². The first-order valence-corrected chi connectivity index (χ1v) is 6.81. The van der Waals surface area contributed by atoms with Crippen molar-refractivity contribution in [1.82, 2.24) is 15.0 Å². The minimum absolute atomic E-state index is 0.0987. The Morgan fingerprint density at radius 3 is 2.57 bits per heavy atom. The summed E-state index contributed by atoms with van der Waals surface area (Å²) >= 11 is 0. The zero-order chi connectivity index (χ0) is 16.6. The average molecular weight is 321 g/mol. The molecule has 0 saturated carbocycles. The van der Waals surface area contributed by atoms with Crippen LogP contribution in [0.3, 0.4) is 0 Å². The third kappa shape index (κ3) is 3.20. The van der Waals surface area contributed by atoms with Gasteiger partial charge in [-0.15, -0.1) is 0 Å². The number of aromatic nitrogens is 3. The minimum atomic E-state index is -4.53. The van der Waals surface area contributed by atoms with Crippen molar-refractivity contribution in [2.24, 2.45) is 0 Å². The molecule has 0 spiro atoms. The zero-order valence-corrected chi connectivity index (χ0v) is 12.4. The molecule has 0 unspecified atom stereocenters. The molecule has 2 aromatic heterocycles. The maximum atomic E-state index is 13.0. The van der Waals surface area contributed by atoms with Crippen molar-refractivity contribution < 1.29 is 13.2 Å². The summed E-state index contributed by atoms with van der Waals surface area (Å²) in [5, 5.41) is 3.77. The number of halogens is 3. The zero-order valence-electron chi connectivity index (χ0n) is 12.4. The Morgan fingerprint density at radius 2 is 1.87 bits per heavy atom. The Morgan fingerprint density at radius 1 is 1.09 bits per heavy atom. The van der Waals surface area contributed by atoms with Crippen LogP contribution < -0.4 is 10.2 Å². The summed E-state index contributed by atoms with van der Waals surface area (Å²) in [6.07, 6.45) is -2.74. The van der Waals surface area contributed by atoms with Gasteiger partial charge in [0.1, 0.15) is 5.82 Å². The molecule has 0 saturated heterocycles. The Kier molecular flexibility index (Phi) is 3.59. The molecule has 0 aliphatic rings. The smallest absolute Gasteiger partial charge is 0.363 e. The minimum Gasteiger partial charge on any atom is -0.363 e. The highest BCUT2D eigenvalue weighted by Crippen LogP contribution is 2.31. The predicted molar refractivity (Wildman–Crippen MR) is 82.9 cm³/mol. The quantitative estimate of drug-likeness (QED) is 0.771. The molecule has 3 aromatic rings. The van der Waals surface area contributed by atoms with Crippen LogP contribution in [0.25, 0.3) is 10.9 Å². The SMILES string of the molecule is CN(C)c1cc(C(F)(F)F)nc(Nc2ccc3[nH]ccc3c2)n1. The third-order valence-corrected chi connectivity index (χ3v) is 3.27. The molecule has 0 amide bonds. The summed E-state index contributed by atoms with van der Waals surface area (Å²) in [5.41, 5.74) is 0.567. The first-order valence-electron chi connectivity index (χ1n) is 6.81. The first-order chi connectivity index (χ1) is 10.8. The van der Waals surface area contributed by atoms with Crippen molar-refractivity contribution in [1.29, 1.82) is 0 Å². The van der Waals surface area contributed by atoms with Gasteiger partial charge >= 0.3 is 6.18 Å². The Bertz CT molecular complexity index is 838. The second kappa shape index (κ2) is 5.45. The van der Waals surface area contributed by atoms with E-state index in [2.05, 4.69) is 20.3 Å². The fraction of sp³-hybridized carbons (Fsp3) is 0.200. The monoisotopic (exact) mass is 321 g/mol. The second-order valence-corrected chi connectivity index (χ2v) is 5.23. The van der Waals surface area contributed by atoms with Gasteiger partial charge in [-0.25, -0.2) is 4.98 Å². The lowest BCUT2D eigenvalue weighted by atomic mass is 10.2. The number of aromatic amines is 1. The van der Waals surface area contributed by atoms with E-state index in [9.17, 15) is 13.2 Å². The van der Waals surface area contributed by atoms with Gasteiger partial charge in [-0.1, -0.05) is 0 Å². The van der Waals surface area contributed by atoms with Gasteiger partial charge in [0.05, 0.1) is 0 Å². The van der Waals surface area contributed by atoms with Crippen molar-refractivity contribution in [2.75, 3.05) is 24.3 Å². The molecule has 0 aliphatic carbocycles. The molecule has 3 rings (SSSR count). The van der Waals surface area contributed by atoms with Gasteiger partial charge in [0, 0.05) is 42.9 Å². The molecule has 0 fully saturated rings. The summed E-state index contributed by atoms with van der Waals surface area (Å²) in [4.78, 5) is 12.2. The van der Waals surface area contributed by atoms with E-state index >= 15 is 0 Å². The summed E-state index contributed by atoms with van der Waals surface area (Å²) in [7, 11) is 3.25. The van der Waals surface area contributed by atoms with E-state index in [4.69, 9.17) is 0 Å². The van der Waals surface area contributed by atoms with Crippen LogP contribution in [0.5, 0.6) is 0 Å². The van der Waals surface area contributed by atoms with Gasteiger partial charge < -0.3 is 15.2 Å². The molecular formula is C15H14F3N5. The van der Waals surface area contributed by atoms with Crippen molar-refractivity contribution in [3.8, 4) is 0 Å². The highest BCUT2D eigenvalue weighted by Gasteiger charge is 2.34. The first kappa shape index (κ1) is 15.1. The summed E-state index contributed by atoms with van der Waals surface area (Å²) < 4.78 is 38.9. The number of nitrogens with one attached hydrogen (secondary N) is 2. The standard InChI is InChI=1S/C15H14F3N5/c1-23(2)13-8-12(15(16,17)18)21-14(22-13)20-10-3-4-11-9(7-10)5-6-19-11/h3-8,19H,1-2H3,(H,20,21,22). The molecule has 0 aliphatic heterocycles. The van der Waals surface area contributed by atoms with Crippen LogP contribution in [0, 0.1) is 0 Å². The van der Waals surface area contributed by atoms with E-state index in [-0.39, 0.29) is 11.8 Å². The lowest BCUT2D eigenvalue weighted by Crippen LogP contribution is -2.16. The Labute approximate surface area is 130 Å². The van der Waals surface area contributed by atoms with Crippen molar-refractivity contribution in [3.05, 3.63) is 42.2 Å². The summed E-state index contributed by atoms with van der Waals surface area (Å²) in [6.45, 7) is 0. The number of fused-ring (bicyclic) bond motifs is 1. The van der Waals surface area contributed by atoms with Crippen LogP contribution in [-0.2, 0) is 6.18 Å². The topological polar surface area (TPSA) is 56.8 Å². The molecule has 1 aromatic carbocycles. The van der Waals surface area contributed by atoms with E-state index in [1.54, 1.807) is 26.4 Å². The molecule has 0 radical (unpaired) electrons. The van der Waals surface area contributed by atoms with Crippen molar-refractivity contribution in [2.45, 2.75) is 6.18 Å². The van der Waals surface area contributed by atoms with E-state index in [0.29, 0.717) is 5.69 Å². The fourth-order valence-electron chi connectivity index (χ4n) is 2.12. The number of H-pyrrole nitrogens is 1. The van der Waals surface area contributed by atoms with Gasteiger partial charge in [0.2, 0.25) is 5.95 Å². The van der Waals surface area contributed by atoms with Crippen LogP contribution in [0.15, 0.2) is 36.5 Å². The third-order valence-electron chi connectivity index (χ3n) is 3.27. The fourth-order valence-corrected chi connectivity index (χ4v) is 2.12. The van der Waals surface area contributed by atoms with Gasteiger partial charge in [0.15, 0.2) is 5.69 Å². The maximum absolute atomic E-state index is 13.0. The van der Waals surface area contributed by atoms with Gasteiger partial charge in [-0.05, 0) is 24.3 Å². The molecule has 23 heavy (non-hydrogen) atoms. The molecular weight excluding hydrogens is 307 g/mol. The van der Waals surface area contributed by atoms with E-state index in [1.165, 1.54) is 4.90 Å². The van der Waals surface area contributed by atoms with Gasteiger partial charge in [0.25, 0.3) is 0 Å². The van der Waals surface area contributed by atoms with Gasteiger partial charge in [-0.3, -0.25) is 0 Å². The number of alkyl halides is 3. The molecule has 5 nitrogen and oxygen atoms in total. The maximum Gasteiger partial charge on any atom is 0.433 e. The Balaban J connectivity index is 1.99. The number of rotatable bonds is 3. The van der Waals surface area contributed by atoms with Gasteiger partial charge in [-0.2, -0.15) is 18.2 Å². The summed E-state index contributed by atoms with van der Waals surface area (Å²) in [6, 6.07) is 8.18. The number of benzene rings is 1. The van der Waals surface area contributed by atoms with E-state index < -0.39 is 11.9 Å². The number of hydrogen-bond acceptors (Lipinski definition) is 4. The largest absolute Gasteiger partial charge is 0.433 e. The lowest BCUT2D eigenvalue weighted by molar-refractivity contribution is -0.141. The highest BCUT2D eigenvalue weighted by molar-refractivity contribution is 5.83. The predicted octanol–water partition coefficient (Wildman–Crippen LogP) is 3.79. The second-order valence-electron chi connectivity index (χ2n) is 5.23. The molecule has 120 valence electrons. The average Bonchev–Trinajstić information content (AvgIpc) is 2.93. The van der Waals surface area contributed by atoms with Crippen LogP contribution in [0.1, 0.15) is 5.69 Å². The normalized spacial score (nSPS) is 11.7. The molecule has 0 bridgehead atoms. The van der Waals surface area contributed by atoms with E-state index in [0.717, 1.165) is 17.0 Å². The van der Waals surface area contributed by atoms with Crippen LogP contribution in [0.2, 0.25) is 0 Å². The van der Waals surface area contributed by atoms with Crippen LogP contribution in [0.4, 0.5) is 30.6 Å². The van der Waals surface area contributed by atoms with Crippen molar-refractivity contribution in [3.63, 3.8) is 0 Å². The number of nitrogens with zero attached hydrogens (tertiary/aromatic N) is 3. The number of anilines is 3. The highest BCUT2D eigenvalue weighted by atomic mass is 19.4. The van der Waals surface area contributed by atoms with Crippen LogP contribution in [-0.4, -0.2) is 29.0 Å². The summed E-state index contributed by atoms with van der Waals surface area (Å²) in [5.74, 6) is 0.0796. The molecule has 2 heterocycles. The van der Waals surface area contributed by atoms with E-state index in [1.807, 2.05) is 18.2 Å². The van der Waals surface area contributed by atoms with Crippen molar-refractivity contribution >= 4 is 28.4 Å². The lowest BCUT2D eigenvalue weighted by Gasteiger charge is -2.16. The number of hydrogen-bond donors (Lipinski definition) is 2. The molecule has 0 atom stereocenters. The molecule has 2 N–H and O–H groups in total. The molecule has 8 heteroatoms. The Hall–Kier alpha value is -2.77.